The first-order valence-electron chi connectivity index (χ1n) is 7.56. The van der Waals surface area contributed by atoms with E-state index in [9.17, 15) is 4.79 Å². The largest absolute Gasteiger partial charge is 0.494 e. The second kappa shape index (κ2) is 6.12. The Balaban J connectivity index is 2.13. The van der Waals surface area contributed by atoms with Gasteiger partial charge >= 0.3 is 0 Å². The lowest BCUT2D eigenvalue weighted by Gasteiger charge is -2.13. The van der Waals surface area contributed by atoms with Crippen LogP contribution in [-0.2, 0) is 0 Å². The molecule has 0 amide bonds. The van der Waals surface area contributed by atoms with Crippen LogP contribution in [0.2, 0.25) is 0 Å². The van der Waals surface area contributed by atoms with Gasteiger partial charge in [-0.05, 0) is 50.1 Å². The van der Waals surface area contributed by atoms with Crippen LogP contribution < -0.4 is 10.3 Å². The van der Waals surface area contributed by atoms with Crippen LogP contribution in [0.1, 0.15) is 18.1 Å². The van der Waals surface area contributed by atoms with Crippen molar-refractivity contribution in [3.05, 3.63) is 64.3 Å². The van der Waals surface area contributed by atoms with Crippen LogP contribution in [0, 0.1) is 13.8 Å². The summed E-state index contributed by atoms with van der Waals surface area (Å²) in [5, 5.41) is 6.79. The lowest BCUT2D eigenvalue weighted by Crippen LogP contribution is -2.18. The Morgan fingerprint density at radius 1 is 1.22 bits per heavy atom. The zero-order valence-corrected chi connectivity index (χ0v) is 13.5. The maximum Gasteiger partial charge on any atom is 0.255 e. The van der Waals surface area contributed by atoms with Gasteiger partial charge in [0, 0.05) is 29.6 Å². The summed E-state index contributed by atoms with van der Waals surface area (Å²) in [5.74, 6) is 0.809. The summed E-state index contributed by atoms with van der Waals surface area (Å²) in [5.41, 5.74) is 4.65. The van der Waals surface area contributed by atoms with Crippen molar-refractivity contribution in [3.63, 3.8) is 0 Å². The molecule has 5 heteroatoms. The number of benzene rings is 1. The summed E-state index contributed by atoms with van der Waals surface area (Å²) < 4.78 is 7.18. The van der Waals surface area contributed by atoms with Gasteiger partial charge in [-0.3, -0.25) is 14.5 Å². The molecular formula is C18H19N3O2. The molecule has 1 N–H and O–H groups in total. The number of rotatable bonds is 4. The molecule has 0 unspecified atom stereocenters. The highest BCUT2D eigenvalue weighted by molar-refractivity contribution is 5.65. The van der Waals surface area contributed by atoms with Crippen LogP contribution in [0.4, 0.5) is 0 Å². The molecule has 0 radical (unpaired) electrons. The topological polar surface area (TPSA) is 59.9 Å². The van der Waals surface area contributed by atoms with Gasteiger partial charge in [-0.15, -0.1) is 0 Å². The van der Waals surface area contributed by atoms with E-state index in [2.05, 4.69) is 10.2 Å². The highest BCUT2D eigenvalue weighted by atomic mass is 16.5. The molecule has 0 atom stereocenters. The minimum Gasteiger partial charge on any atom is -0.494 e. The molecule has 0 fully saturated rings. The number of hydrogen-bond donors (Lipinski definition) is 1. The molecule has 5 nitrogen and oxygen atoms in total. The van der Waals surface area contributed by atoms with E-state index in [1.807, 2.05) is 51.4 Å². The van der Waals surface area contributed by atoms with E-state index in [0.29, 0.717) is 6.61 Å². The monoisotopic (exact) mass is 309 g/mol. The third kappa shape index (κ3) is 2.90. The lowest BCUT2D eigenvalue weighted by atomic mass is 10.1. The van der Waals surface area contributed by atoms with Crippen molar-refractivity contribution in [2.24, 2.45) is 0 Å². The van der Waals surface area contributed by atoms with Crippen LogP contribution in [0.25, 0.3) is 16.8 Å². The molecule has 0 aliphatic heterocycles. The molecule has 0 aliphatic rings. The fourth-order valence-corrected chi connectivity index (χ4v) is 2.67. The van der Waals surface area contributed by atoms with Gasteiger partial charge in [-0.2, -0.15) is 5.10 Å². The molecule has 1 aromatic carbocycles. The van der Waals surface area contributed by atoms with Gasteiger partial charge in [-0.1, -0.05) is 0 Å². The number of aromatic nitrogens is 3. The highest BCUT2D eigenvalue weighted by Crippen LogP contribution is 2.24. The first-order valence-corrected chi connectivity index (χ1v) is 7.56. The first-order chi connectivity index (χ1) is 11.1. The number of hydrogen-bond acceptors (Lipinski definition) is 3. The average molecular weight is 309 g/mol. The molecule has 0 aliphatic carbocycles. The number of aromatic amines is 1. The van der Waals surface area contributed by atoms with Crippen LogP contribution in [0.15, 0.2) is 47.7 Å². The van der Waals surface area contributed by atoms with Crippen molar-refractivity contribution in [2.45, 2.75) is 20.8 Å². The Kier molecular flexibility index (Phi) is 4.02. The minimum atomic E-state index is -0.0537. The van der Waals surface area contributed by atoms with E-state index in [0.717, 1.165) is 33.7 Å². The molecule has 0 saturated carbocycles. The van der Waals surface area contributed by atoms with Gasteiger partial charge in [0.1, 0.15) is 5.75 Å². The van der Waals surface area contributed by atoms with Crippen LogP contribution >= 0.6 is 0 Å². The molecule has 2 aromatic heterocycles. The maximum absolute atomic E-state index is 12.4. The molecule has 0 saturated heterocycles. The Morgan fingerprint density at radius 3 is 2.70 bits per heavy atom. The number of aryl methyl sites for hydroxylation is 2. The number of H-pyrrole nitrogens is 1. The number of pyridine rings is 1. The van der Waals surface area contributed by atoms with E-state index in [-0.39, 0.29) is 5.56 Å². The SMILES string of the molecule is CCOc1ccc(-n2cc(-c3cn[nH]c3)c(C)cc2=O)c(C)c1. The van der Waals surface area contributed by atoms with Crippen molar-refractivity contribution in [1.82, 2.24) is 14.8 Å². The second-order valence-electron chi connectivity index (χ2n) is 5.45. The summed E-state index contributed by atoms with van der Waals surface area (Å²) in [6, 6.07) is 7.40. The van der Waals surface area contributed by atoms with Gasteiger partial charge < -0.3 is 4.74 Å². The smallest absolute Gasteiger partial charge is 0.255 e. The van der Waals surface area contributed by atoms with E-state index < -0.39 is 0 Å². The Labute approximate surface area is 134 Å². The van der Waals surface area contributed by atoms with E-state index in [1.54, 1.807) is 16.8 Å². The Morgan fingerprint density at radius 2 is 2.04 bits per heavy atom. The predicted molar refractivity (Wildman–Crippen MR) is 90.3 cm³/mol. The van der Waals surface area contributed by atoms with E-state index >= 15 is 0 Å². The van der Waals surface area contributed by atoms with Crippen molar-refractivity contribution >= 4 is 0 Å². The normalized spacial score (nSPS) is 10.7. The summed E-state index contributed by atoms with van der Waals surface area (Å²) in [4.78, 5) is 12.4. The molecule has 2 heterocycles. The second-order valence-corrected chi connectivity index (χ2v) is 5.45. The maximum atomic E-state index is 12.4. The van der Waals surface area contributed by atoms with Crippen LogP contribution in [0.3, 0.4) is 0 Å². The Hall–Kier alpha value is -2.82. The lowest BCUT2D eigenvalue weighted by molar-refractivity contribution is 0.340. The molecule has 3 aromatic rings. The van der Waals surface area contributed by atoms with Crippen LogP contribution in [0.5, 0.6) is 5.75 Å². The standard InChI is InChI=1S/C18H19N3O2/c1-4-23-15-5-6-17(13(3)7-15)21-11-16(12(2)8-18(21)22)14-9-19-20-10-14/h5-11H,4H2,1-3H3,(H,19,20). The average Bonchev–Trinajstić information content (AvgIpc) is 3.03. The number of nitrogens with one attached hydrogen (secondary N) is 1. The quantitative estimate of drug-likeness (QED) is 0.805. The zero-order chi connectivity index (χ0) is 16.4. The van der Waals surface area contributed by atoms with Gasteiger partial charge in [0.2, 0.25) is 0 Å². The fraction of sp³-hybridized carbons (Fsp3) is 0.222. The van der Waals surface area contributed by atoms with Crippen molar-refractivity contribution in [3.8, 4) is 22.6 Å². The molecule has 3 rings (SSSR count). The van der Waals surface area contributed by atoms with Gasteiger partial charge in [0.25, 0.3) is 5.56 Å². The Bertz CT molecular complexity index is 880. The zero-order valence-electron chi connectivity index (χ0n) is 13.5. The molecular weight excluding hydrogens is 290 g/mol. The predicted octanol–water partition coefficient (Wildman–Crippen LogP) is 3.24. The molecule has 23 heavy (non-hydrogen) atoms. The van der Waals surface area contributed by atoms with E-state index in [1.165, 1.54) is 0 Å². The minimum absolute atomic E-state index is 0.0537. The molecule has 118 valence electrons. The number of ether oxygens (including phenoxy) is 1. The fourth-order valence-electron chi connectivity index (χ4n) is 2.67. The highest BCUT2D eigenvalue weighted by Gasteiger charge is 2.10. The summed E-state index contributed by atoms with van der Waals surface area (Å²) in [6.07, 6.45) is 5.44. The summed E-state index contributed by atoms with van der Waals surface area (Å²) >= 11 is 0. The first kappa shape index (κ1) is 15.1. The van der Waals surface area contributed by atoms with Gasteiger partial charge in [0.15, 0.2) is 0 Å². The third-order valence-corrected chi connectivity index (χ3v) is 3.81. The van der Waals surface area contributed by atoms with Gasteiger partial charge in [-0.25, -0.2) is 0 Å². The van der Waals surface area contributed by atoms with Crippen LogP contribution in [-0.4, -0.2) is 21.4 Å². The van der Waals surface area contributed by atoms with Crippen molar-refractivity contribution in [1.29, 1.82) is 0 Å². The van der Waals surface area contributed by atoms with E-state index in [4.69, 9.17) is 4.74 Å². The van der Waals surface area contributed by atoms with Crippen molar-refractivity contribution in [2.75, 3.05) is 6.61 Å². The molecule has 0 bridgehead atoms. The van der Waals surface area contributed by atoms with Crippen molar-refractivity contribution < 1.29 is 4.74 Å². The summed E-state index contributed by atoms with van der Waals surface area (Å²) in [6.45, 7) is 6.47. The van der Waals surface area contributed by atoms with Gasteiger partial charge in [0.05, 0.1) is 18.5 Å². The number of nitrogens with zero attached hydrogens (tertiary/aromatic N) is 2. The summed E-state index contributed by atoms with van der Waals surface area (Å²) in [7, 11) is 0. The molecule has 0 spiro atoms. The third-order valence-electron chi connectivity index (χ3n) is 3.81.